The van der Waals surface area contributed by atoms with Gasteiger partial charge in [-0.15, -0.1) is 0 Å². The molecule has 1 heterocycles. The Balaban J connectivity index is 1.67. The number of rotatable bonds is 4. The van der Waals surface area contributed by atoms with Crippen LogP contribution in [0.5, 0.6) is 0 Å². The van der Waals surface area contributed by atoms with Gasteiger partial charge in [-0.1, -0.05) is 12.8 Å². The van der Waals surface area contributed by atoms with Gasteiger partial charge in [0, 0.05) is 6.04 Å². The van der Waals surface area contributed by atoms with Crippen molar-refractivity contribution in [3.8, 4) is 0 Å². The summed E-state index contributed by atoms with van der Waals surface area (Å²) in [5.41, 5.74) is -0.233. The number of nitrogens with one attached hydrogen (secondary N) is 2. The van der Waals surface area contributed by atoms with Gasteiger partial charge in [-0.25, -0.2) is 18.2 Å². The number of halogens is 3. The first-order valence-corrected chi connectivity index (χ1v) is 7.72. The van der Waals surface area contributed by atoms with E-state index in [1.807, 2.05) is 0 Å². The molecule has 1 aliphatic carbocycles. The van der Waals surface area contributed by atoms with Gasteiger partial charge in [-0.3, -0.25) is 4.79 Å². The van der Waals surface area contributed by atoms with Gasteiger partial charge in [0.1, 0.15) is 5.82 Å². The molecule has 24 heavy (non-hydrogen) atoms. The molecule has 4 nitrogen and oxygen atoms in total. The molecule has 0 unspecified atom stereocenters. The van der Waals surface area contributed by atoms with Crippen molar-refractivity contribution in [2.24, 2.45) is 0 Å². The number of hydrogen-bond acceptors (Lipinski definition) is 3. The lowest BCUT2D eigenvalue weighted by atomic mass is 10.2. The Morgan fingerprint density at radius 2 is 1.79 bits per heavy atom. The fraction of sp³-hybridized carbons (Fsp3) is 0.294. The van der Waals surface area contributed by atoms with Crippen molar-refractivity contribution in [3.05, 3.63) is 53.5 Å². The Kier molecular flexibility index (Phi) is 4.69. The molecule has 1 aliphatic rings. The van der Waals surface area contributed by atoms with Crippen LogP contribution in [0.25, 0.3) is 0 Å². The second-order valence-electron chi connectivity index (χ2n) is 5.73. The predicted molar refractivity (Wildman–Crippen MR) is 84.4 cm³/mol. The second kappa shape index (κ2) is 6.90. The molecule has 3 rings (SSSR count). The molecule has 0 aliphatic heterocycles. The first-order valence-electron chi connectivity index (χ1n) is 7.72. The van der Waals surface area contributed by atoms with Gasteiger partial charge in [0.15, 0.2) is 17.5 Å². The minimum absolute atomic E-state index is 0.334. The highest BCUT2D eigenvalue weighted by Gasteiger charge is 2.19. The van der Waals surface area contributed by atoms with E-state index in [1.165, 1.54) is 19.0 Å². The van der Waals surface area contributed by atoms with Gasteiger partial charge in [0.25, 0.3) is 5.91 Å². The summed E-state index contributed by atoms with van der Waals surface area (Å²) in [5, 5.41) is 5.71. The summed E-state index contributed by atoms with van der Waals surface area (Å²) in [4.78, 5) is 16.2. The molecule has 0 radical (unpaired) electrons. The van der Waals surface area contributed by atoms with Gasteiger partial charge in [-0.2, -0.15) is 0 Å². The molecule has 1 aromatic heterocycles. The number of benzene rings is 1. The third-order valence-electron chi connectivity index (χ3n) is 4.01. The highest BCUT2D eigenvalue weighted by Crippen LogP contribution is 2.22. The van der Waals surface area contributed by atoms with Gasteiger partial charge in [0.05, 0.1) is 17.4 Å². The van der Waals surface area contributed by atoms with Crippen molar-refractivity contribution in [1.29, 1.82) is 0 Å². The molecule has 1 aromatic carbocycles. The van der Waals surface area contributed by atoms with Crippen molar-refractivity contribution in [2.75, 3.05) is 10.6 Å². The molecule has 2 aromatic rings. The molecule has 0 atom stereocenters. The lowest BCUT2D eigenvalue weighted by molar-refractivity contribution is 0.102. The maximum Gasteiger partial charge on any atom is 0.258 e. The molecular weight excluding hydrogens is 319 g/mol. The maximum absolute atomic E-state index is 13.6. The quantitative estimate of drug-likeness (QED) is 0.827. The lowest BCUT2D eigenvalue weighted by Crippen LogP contribution is -2.17. The molecule has 0 saturated heterocycles. The fourth-order valence-corrected chi connectivity index (χ4v) is 2.73. The number of aromatic nitrogens is 1. The number of carbonyl (C=O) groups excluding carboxylic acids is 1. The highest BCUT2D eigenvalue weighted by molar-refractivity contribution is 6.04. The third kappa shape index (κ3) is 3.50. The average molecular weight is 335 g/mol. The van der Waals surface area contributed by atoms with Crippen molar-refractivity contribution in [1.82, 2.24) is 4.98 Å². The molecular formula is C17H16F3N3O. The van der Waals surface area contributed by atoms with Crippen LogP contribution in [-0.2, 0) is 0 Å². The Hall–Kier alpha value is -2.57. The predicted octanol–water partition coefficient (Wildman–Crippen LogP) is 4.11. The smallest absolute Gasteiger partial charge is 0.258 e. The first kappa shape index (κ1) is 16.3. The van der Waals surface area contributed by atoms with E-state index in [0.717, 1.165) is 18.9 Å². The van der Waals surface area contributed by atoms with Crippen LogP contribution < -0.4 is 10.6 Å². The molecule has 2 N–H and O–H groups in total. The molecule has 1 amide bonds. The fourth-order valence-electron chi connectivity index (χ4n) is 2.73. The molecule has 0 bridgehead atoms. The van der Waals surface area contributed by atoms with Crippen LogP contribution in [0.4, 0.5) is 24.7 Å². The number of amides is 1. The minimum atomic E-state index is -1.67. The highest BCUT2D eigenvalue weighted by atomic mass is 19.2. The van der Waals surface area contributed by atoms with E-state index < -0.39 is 28.9 Å². The summed E-state index contributed by atoms with van der Waals surface area (Å²) in [6.07, 6.45) is 6.04. The Morgan fingerprint density at radius 3 is 2.46 bits per heavy atom. The Labute approximate surface area is 137 Å². The minimum Gasteiger partial charge on any atom is -0.367 e. The van der Waals surface area contributed by atoms with E-state index in [2.05, 4.69) is 15.6 Å². The van der Waals surface area contributed by atoms with Crippen LogP contribution in [0, 0.1) is 17.5 Å². The van der Waals surface area contributed by atoms with E-state index in [9.17, 15) is 18.0 Å². The number of anilines is 2. The first-order chi connectivity index (χ1) is 11.5. The van der Waals surface area contributed by atoms with Crippen LogP contribution in [0.3, 0.4) is 0 Å². The van der Waals surface area contributed by atoms with Crippen LogP contribution in [-0.4, -0.2) is 16.9 Å². The maximum atomic E-state index is 13.6. The van der Waals surface area contributed by atoms with Crippen LogP contribution >= 0.6 is 0 Å². The van der Waals surface area contributed by atoms with Gasteiger partial charge in [0.2, 0.25) is 0 Å². The zero-order chi connectivity index (χ0) is 17.1. The number of hydrogen-bond donors (Lipinski definition) is 2. The third-order valence-corrected chi connectivity index (χ3v) is 4.01. The van der Waals surface area contributed by atoms with Gasteiger partial charge >= 0.3 is 0 Å². The average Bonchev–Trinajstić information content (AvgIpc) is 3.07. The van der Waals surface area contributed by atoms with E-state index in [0.29, 0.717) is 23.6 Å². The number of nitrogens with zero attached hydrogens (tertiary/aromatic N) is 1. The zero-order valence-corrected chi connectivity index (χ0v) is 12.8. The molecule has 1 fully saturated rings. The summed E-state index contributed by atoms with van der Waals surface area (Å²) in [6, 6.07) is 5.33. The zero-order valence-electron chi connectivity index (χ0n) is 12.8. The number of carbonyl (C=O) groups is 1. The van der Waals surface area contributed by atoms with E-state index >= 15 is 0 Å². The SMILES string of the molecule is O=C(Nc1ccc(NC2CCCC2)nc1)c1ccc(F)c(F)c1F. The largest absolute Gasteiger partial charge is 0.367 e. The molecule has 0 spiro atoms. The van der Waals surface area contributed by atoms with Crippen LogP contribution in [0.2, 0.25) is 0 Å². The molecule has 126 valence electrons. The summed E-state index contributed by atoms with van der Waals surface area (Å²) < 4.78 is 39.7. The summed E-state index contributed by atoms with van der Waals surface area (Å²) >= 11 is 0. The van der Waals surface area contributed by atoms with E-state index in [-0.39, 0.29) is 0 Å². The summed E-state index contributed by atoms with van der Waals surface area (Å²) in [5.74, 6) is -4.70. The van der Waals surface area contributed by atoms with Crippen LogP contribution in [0.1, 0.15) is 36.0 Å². The van der Waals surface area contributed by atoms with E-state index in [1.54, 1.807) is 12.1 Å². The van der Waals surface area contributed by atoms with Crippen molar-refractivity contribution >= 4 is 17.4 Å². The monoisotopic (exact) mass is 335 g/mol. The van der Waals surface area contributed by atoms with Crippen molar-refractivity contribution < 1.29 is 18.0 Å². The van der Waals surface area contributed by atoms with Crippen LogP contribution in [0.15, 0.2) is 30.5 Å². The molecule has 7 heteroatoms. The van der Waals surface area contributed by atoms with Crippen molar-refractivity contribution in [3.63, 3.8) is 0 Å². The lowest BCUT2D eigenvalue weighted by Gasteiger charge is -2.13. The van der Waals surface area contributed by atoms with Gasteiger partial charge < -0.3 is 10.6 Å². The van der Waals surface area contributed by atoms with Gasteiger partial charge in [-0.05, 0) is 37.1 Å². The molecule has 1 saturated carbocycles. The summed E-state index contributed by atoms with van der Waals surface area (Å²) in [7, 11) is 0. The summed E-state index contributed by atoms with van der Waals surface area (Å²) in [6.45, 7) is 0. The normalized spacial score (nSPS) is 14.6. The van der Waals surface area contributed by atoms with E-state index in [4.69, 9.17) is 0 Å². The Bertz CT molecular complexity index is 743. The number of pyridine rings is 1. The van der Waals surface area contributed by atoms with Crippen molar-refractivity contribution in [2.45, 2.75) is 31.7 Å². The second-order valence-corrected chi connectivity index (χ2v) is 5.73. The topological polar surface area (TPSA) is 54.0 Å². The standard InChI is InChI=1S/C17H16F3N3O/c18-13-7-6-12(15(19)16(13)20)17(24)23-11-5-8-14(21-9-11)22-10-3-1-2-4-10/h5-10H,1-4H2,(H,21,22)(H,23,24). The Morgan fingerprint density at radius 1 is 1.04 bits per heavy atom.